The molecule has 1 heterocycles. The molecule has 0 bridgehead atoms. The first-order valence-corrected chi connectivity index (χ1v) is 7.08. The van der Waals surface area contributed by atoms with Gasteiger partial charge in [0.1, 0.15) is 0 Å². The fraction of sp³-hybridized carbons (Fsp3) is 0.438. The van der Waals surface area contributed by atoms with Crippen molar-refractivity contribution in [3.63, 3.8) is 0 Å². The Hall–Kier alpha value is -2.01. The van der Waals surface area contributed by atoms with Gasteiger partial charge >= 0.3 is 0 Å². The number of nitrogen functional groups attached to an aromatic ring is 1. The predicted molar refractivity (Wildman–Crippen MR) is 87.4 cm³/mol. The lowest BCUT2D eigenvalue weighted by atomic mass is 9.93. The van der Waals surface area contributed by atoms with Gasteiger partial charge in [-0.3, -0.25) is 4.79 Å². The number of nitrogens with one attached hydrogen (secondary N) is 2. The number of hydrogen-bond acceptors (Lipinski definition) is 3. The Morgan fingerprint density at radius 1 is 1.38 bits per heavy atom. The predicted octanol–water partition coefficient (Wildman–Crippen LogP) is 2.07. The van der Waals surface area contributed by atoms with Crippen LogP contribution in [-0.2, 0) is 0 Å². The number of H-pyrrole nitrogens is 1. The number of nitrogens with two attached hydrogens (primary N) is 1. The van der Waals surface area contributed by atoms with Crippen molar-refractivity contribution in [1.82, 2.24) is 15.2 Å². The Morgan fingerprint density at radius 3 is 2.76 bits per heavy atom. The second-order valence-electron chi connectivity index (χ2n) is 6.59. The lowest BCUT2D eigenvalue weighted by Crippen LogP contribution is -2.39. The molecule has 1 aromatic heterocycles. The zero-order chi connectivity index (χ0) is 15.6. The molecule has 4 N–H and O–H groups in total. The topological polar surface area (TPSA) is 74.2 Å². The van der Waals surface area contributed by atoms with Crippen LogP contribution in [0.2, 0.25) is 0 Å². The summed E-state index contributed by atoms with van der Waals surface area (Å²) in [6.07, 6.45) is 1.73. The summed E-state index contributed by atoms with van der Waals surface area (Å²) in [4.78, 5) is 17.6. The van der Waals surface area contributed by atoms with Crippen molar-refractivity contribution in [3.8, 4) is 0 Å². The molecule has 0 atom stereocenters. The summed E-state index contributed by atoms with van der Waals surface area (Å²) in [6, 6.07) is 5.53. The fourth-order valence-corrected chi connectivity index (χ4v) is 2.65. The molecule has 2 rings (SSSR count). The maximum Gasteiger partial charge on any atom is 0.253 e. The number of rotatable bonds is 5. The summed E-state index contributed by atoms with van der Waals surface area (Å²) >= 11 is 0. The number of nitrogens with zero attached hydrogens (tertiary/aromatic N) is 1. The molecule has 0 fully saturated rings. The van der Waals surface area contributed by atoms with Crippen LogP contribution in [0.4, 0.5) is 5.69 Å². The third-order valence-corrected chi connectivity index (χ3v) is 3.42. The number of benzene rings is 1. The van der Waals surface area contributed by atoms with Gasteiger partial charge in [-0.1, -0.05) is 13.8 Å². The van der Waals surface area contributed by atoms with Gasteiger partial charge in [0.15, 0.2) is 0 Å². The molecule has 0 saturated carbocycles. The third kappa shape index (κ3) is 3.76. The minimum absolute atomic E-state index is 0.0182. The maximum absolute atomic E-state index is 12.4. The number of aromatic nitrogens is 1. The van der Waals surface area contributed by atoms with Crippen molar-refractivity contribution in [1.29, 1.82) is 0 Å². The lowest BCUT2D eigenvalue weighted by Gasteiger charge is -2.28. The van der Waals surface area contributed by atoms with Gasteiger partial charge in [0, 0.05) is 35.9 Å². The number of carbonyl (C=O) groups is 1. The molecule has 0 unspecified atom stereocenters. The molecule has 0 radical (unpaired) electrons. The number of fused-ring (bicyclic) bond motifs is 1. The zero-order valence-corrected chi connectivity index (χ0v) is 13.2. The molecular weight excluding hydrogens is 264 g/mol. The molecule has 0 aliphatic heterocycles. The van der Waals surface area contributed by atoms with Crippen LogP contribution in [0.15, 0.2) is 24.4 Å². The van der Waals surface area contributed by atoms with Crippen molar-refractivity contribution >= 4 is 22.5 Å². The number of amides is 1. The van der Waals surface area contributed by atoms with Gasteiger partial charge in [-0.15, -0.1) is 0 Å². The second-order valence-corrected chi connectivity index (χ2v) is 6.59. The average molecular weight is 288 g/mol. The second kappa shape index (κ2) is 5.77. The zero-order valence-electron chi connectivity index (χ0n) is 13.2. The van der Waals surface area contributed by atoms with E-state index in [2.05, 4.69) is 29.0 Å². The molecule has 0 spiro atoms. The van der Waals surface area contributed by atoms with Crippen LogP contribution in [0.5, 0.6) is 0 Å². The standard InChI is InChI=1S/C16H24N4O/c1-16(2,10-20(3)4)9-19-15(21)13-8-18-14-6-5-11(17)7-12(13)14/h5-8,18H,9-10,17H2,1-4H3,(H,19,21). The number of hydrogen-bond donors (Lipinski definition) is 3. The van der Waals surface area contributed by atoms with Crippen LogP contribution in [-0.4, -0.2) is 43.0 Å². The highest BCUT2D eigenvalue weighted by Gasteiger charge is 2.21. The van der Waals surface area contributed by atoms with Gasteiger partial charge in [0.05, 0.1) is 5.56 Å². The Bertz CT molecular complexity index is 643. The van der Waals surface area contributed by atoms with Crippen molar-refractivity contribution in [3.05, 3.63) is 30.0 Å². The molecule has 2 aromatic rings. The van der Waals surface area contributed by atoms with Crippen molar-refractivity contribution < 1.29 is 4.79 Å². The first-order valence-electron chi connectivity index (χ1n) is 7.08. The van der Waals surface area contributed by atoms with Gasteiger partial charge in [-0.2, -0.15) is 0 Å². The Balaban J connectivity index is 2.11. The van der Waals surface area contributed by atoms with Crippen LogP contribution in [0, 0.1) is 5.41 Å². The lowest BCUT2D eigenvalue weighted by molar-refractivity contribution is 0.0931. The molecule has 0 aliphatic rings. The van der Waals surface area contributed by atoms with E-state index in [-0.39, 0.29) is 11.3 Å². The summed E-state index contributed by atoms with van der Waals surface area (Å²) in [6.45, 7) is 5.81. The molecule has 5 heteroatoms. The van der Waals surface area contributed by atoms with Crippen LogP contribution < -0.4 is 11.1 Å². The van der Waals surface area contributed by atoms with Crippen molar-refractivity contribution in [2.45, 2.75) is 13.8 Å². The first kappa shape index (κ1) is 15.4. The molecule has 1 amide bonds. The summed E-state index contributed by atoms with van der Waals surface area (Å²) in [5.41, 5.74) is 8.03. The highest BCUT2D eigenvalue weighted by molar-refractivity contribution is 6.07. The highest BCUT2D eigenvalue weighted by atomic mass is 16.1. The van der Waals surface area contributed by atoms with E-state index in [0.717, 1.165) is 17.4 Å². The van der Waals surface area contributed by atoms with E-state index < -0.39 is 0 Å². The molecule has 1 aromatic carbocycles. The summed E-state index contributed by atoms with van der Waals surface area (Å²) in [5.74, 6) is -0.0707. The van der Waals surface area contributed by atoms with E-state index in [0.29, 0.717) is 17.8 Å². The molecule has 21 heavy (non-hydrogen) atoms. The summed E-state index contributed by atoms with van der Waals surface area (Å²) in [5, 5.41) is 3.88. The van der Waals surface area contributed by atoms with Gasteiger partial charge in [-0.25, -0.2) is 0 Å². The smallest absolute Gasteiger partial charge is 0.253 e. The molecule has 5 nitrogen and oxygen atoms in total. The van der Waals surface area contributed by atoms with Gasteiger partial charge < -0.3 is 20.9 Å². The number of anilines is 1. The van der Waals surface area contributed by atoms with E-state index in [9.17, 15) is 4.79 Å². The Morgan fingerprint density at radius 2 is 2.10 bits per heavy atom. The van der Waals surface area contributed by atoms with Gasteiger partial charge in [0.2, 0.25) is 0 Å². The summed E-state index contributed by atoms with van der Waals surface area (Å²) < 4.78 is 0. The van der Waals surface area contributed by atoms with Crippen molar-refractivity contribution in [2.24, 2.45) is 5.41 Å². The molecular formula is C16H24N4O. The van der Waals surface area contributed by atoms with Gasteiger partial charge in [0.25, 0.3) is 5.91 Å². The van der Waals surface area contributed by atoms with Crippen molar-refractivity contribution in [2.75, 3.05) is 32.9 Å². The first-order chi connectivity index (χ1) is 9.78. The van der Waals surface area contributed by atoms with E-state index in [1.54, 1.807) is 6.20 Å². The van der Waals surface area contributed by atoms with Crippen LogP contribution in [0.3, 0.4) is 0 Å². The van der Waals surface area contributed by atoms with Crippen LogP contribution in [0.1, 0.15) is 24.2 Å². The largest absolute Gasteiger partial charge is 0.399 e. The minimum Gasteiger partial charge on any atom is -0.399 e. The van der Waals surface area contributed by atoms with Crippen LogP contribution in [0.25, 0.3) is 10.9 Å². The molecule has 0 aliphatic carbocycles. The minimum atomic E-state index is -0.0707. The van der Waals surface area contributed by atoms with E-state index in [1.807, 2.05) is 32.3 Å². The normalized spacial score (nSPS) is 12.0. The van der Waals surface area contributed by atoms with E-state index >= 15 is 0 Å². The van der Waals surface area contributed by atoms with Gasteiger partial charge in [-0.05, 0) is 37.7 Å². The van der Waals surface area contributed by atoms with Crippen LogP contribution >= 0.6 is 0 Å². The number of carbonyl (C=O) groups excluding carboxylic acids is 1. The monoisotopic (exact) mass is 288 g/mol. The fourth-order valence-electron chi connectivity index (χ4n) is 2.65. The Kier molecular flexibility index (Phi) is 4.23. The molecule has 114 valence electrons. The average Bonchev–Trinajstić information content (AvgIpc) is 2.77. The number of aromatic amines is 1. The quantitative estimate of drug-likeness (QED) is 0.737. The Labute approximate surface area is 125 Å². The SMILES string of the molecule is CN(C)CC(C)(C)CNC(=O)c1c[nH]c2ccc(N)cc12. The maximum atomic E-state index is 12.4. The van der Waals surface area contributed by atoms with E-state index in [4.69, 9.17) is 5.73 Å². The summed E-state index contributed by atoms with van der Waals surface area (Å²) in [7, 11) is 4.07. The highest BCUT2D eigenvalue weighted by Crippen LogP contribution is 2.21. The third-order valence-electron chi connectivity index (χ3n) is 3.42. The van der Waals surface area contributed by atoms with E-state index in [1.165, 1.54) is 0 Å². The molecule has 0 saturated heterocycles.